The van der Waals surface area contributed by atoms with Crippen molar-refractivity contribution in [3.05, 3.63) is 64.5 Å². The molecular weight excluding hydrogens is 370 g/mol. The number of anilines is 1. The van der Waals surface area contributed by atoms with Gasteiger partial charge in [0.25, 0.3) is 0 Å². The largest absolute Gasteiger partial charge is 0.481 e. The van der Waals surface area contributed by atoms with Gasteiger partial charge in [-0.1, -0.05) is 24.3 Å². The van der Waals surface area contributed by atoms with Gasteiger partial charge in [0.1, 0.15) is 11.0 Å². The number of ether oxygens (including phenoxy) is 1. The topological polar surface area (TPSA) is 80.0 Å². The first-order valence-electron chi connectivity index (χ1n) is 9.32. The van der Waals surface area contributed by atoms with E-state index in [0.717, 1.165) is 27.8 Å². The molecule has 0 amide bonds. The maximum Gasteiger partial charge on any atom is 0.336 e. The fourth-order valence-corrected chi connectivity index (χ4v) is 3.60. The van der Waals surface area contributed by atoms with Crippen LogP contribution in [0.4, 0.5) is 5.69 Å². The van der Waals surface area contributed by atoms with Gasteiger partial charge in [0.2, 0.25) is 0 Å². The molecule has 29 heavy (non-hydrogen) atoms. The fourth-order valence-electron chi connectivity index (χ4n) is 3.60. The van der Waals surface area contributed by atoms with Gasteiger partial charge in [-0.2, -0.15) is 0 Å². The summed E-state index contributed by atoms with van der Waals surface area (Å²) in [6.07, 6.45) is 0. The van der Waals surface area contributed by atoms with E-state index < -0.39 is 17.0 Å². The van der Waals surface area contributed by atoms with Crippen molar-refractivity contribution in [2.75, 3.05) is 32.2 Å². The maximum absolute atomic E-state index is 12.2. The van der Waals surface area contributed by atoms with Crippen LogP contribution in [0, 0.1) is 12.3 Å². The van der Waals surface area contributed by atoms with Crippen molar-refractivity contribution in [3.63, 3.8) is 0 Å². The normalized spacial score (nSPS) is 13.2. The molecule has 6 nitrogen and oxygen atoms in total. The van der Waals surface area contributed by atoms with E-state index >= 15 is 0 Å². The van der Waals surface area contributed by atoms with E-state index in [1.165, 1.54) is 13.2 Å². The molecule has 6 heteroatoms. The predicted octanol–water partition coefficient (Wildman–Crippen LogP) is 3.94. The van der Waals surface area contributed by atoms with Crippen LogP contribution in [0.25, 0.3) is 22.1 Å². The lowest BCUT2D eigenvalue weighted by Crippen LogP contribution is -2.43. The Hall–Kier alpha value is -3.12. The maximum atomic E-state index is 12.2. The number of carboxylic acids is 1. The molecule has 0 aliphatic heterocycles. The molecule has 0 bridgehead atoms. The first kappa shape index (κ1) is 20.6. The Bertz CT molecular complexity index is 1100. The number of carboxylic acid groups (broad SMARTS) is 1. The molecule has 3 aromatic rings. The lowest BCUT2D eigenvalue weighted by atomic mass is 9.91. The molecule has 0 spiro atoms. The van der Waals surface area contributed by atoms with Gasteiger partial charge < -0.3 is 19.2 Å². The number of carbonyl (C=O) groups is 1. The predicted molar refractivity (Wildman–Crippen MR) is 114 cm³/mol. The van der Waals surface area contributed by atoms with Crippen molar-refractivity contribution in [2.45, 2.75) is 13.8 Å². The quantitative estimate of drug-likeness (QED) is 0.611. The summed E-state index contributed by atoms with van der Waals surface area (Å²) in [4.78, 5) is 25.7. The third-order valence-electron chi connectivity index (χ3n) is 5.17. The second-order valence-corrected chi connectivity index (χ2v) is 7.63. The zero-order valence-corrected chi connectivity index (χ0v) is 17.1. The van der Waals surface area contributed by atoms with Crippen molar-refractivity contribution < 1.29 is 19.1 Å². The van der Waals surface area contributed by atoms with Crippen LogP contribution in [0.15, 0.2) is 57.7 Å². The number of fused-ring (bicyclic) bond motifs is 1. The SMILES string of the molecule is COC[C@](C)(CN(C)c1ccc2c(-c3ccccc3C)cc(=O)oc2c1)C(=O)O. The minimum absolute atomic E-state index is 0.0900. The van der Waals surface area contributed by atoms with E-state index in [0.29, 0.717) is 5.58 Å². The van der Waals surface area contributed by atoms with Crippen LogP contribution >= 0.6 is 0 Å². The number of nitrogens with zero attached hydrogens (tertiary/aromatic N) is 1. The highest BCUT2D eigenvalue weighted by Gasteiger charge is 2.34. The van der Waals surface area contributed by atoms with E-state index in [9.17, 15) is 14.7 Å². The van der Waals surface area contributed by atoms with Gasteiger partial charge in [-0.25, -0.2) is 4.79 Å². The van der Waals surface area contributed by atoms with Crippen LogP contribution < -0.4 is 10.5 Å². The zero-order chi connectivity index (χ0) is 21.2. The molecule has 2 aromatic carbocycles. The summed E-state index contributed by atoms with van der Waals surface area (Å²) in [6, 6.07) is 15.0. The number of benzene rings is 2. The van der Waals surface area contributed by atoms with Crippen LogP contribution in [-0.2, 0) is 9.53 Å². The van der Waals surface area contributed by atoms with Crippen LogP contribution in [0.5, 0.6) is 0 Å². The molecule has 1 aromatic heterocycles. The number of methoxy groups -OCH3 is 1. The highest BCUT2D eigenvalue weighted by Crippen LogP contribution is 2.32. The zero-order valence-electron chi connectivity index (χ0n) is 17.1. The Kier molecular flexibility index (Phi) is 5.75. The van der Waals surface area contributed by atoms with E-state index in [2.05, 4.69) is 0 Å². The summed E-state index contributed by atoms with van der Waals surface area (Å²) in [5, 5.41) is 10.4. The van der Waals surface area contributed by atoms with Gasteiger partial charge in [-0.15, -0.1) is 0 Å². The summed E-state index contributed by atoms with van der Waals surface area (Å²) in [6.45, 7) is 3.98. The second-order valence-electron chi connectivity index (χ2n) is 7.63. The molecule has 0 saturated carbocycles. The monoisotopic (exact) mass is 395 g/mol. The third-order valence-corrected chi connectivity index (χ3v) is 5.17. The Labute approximate surface area is 169 Å². The molecule has 0 aliphatic rings. The first-order valence-corrected chi connectivity index (χ1v) is 9.32. The van der Waals surface area contributed by atoms with Gasteiger partial charge >= 0.3 is 11.6 Å². The summed E-state index contributed by atoms with van der Waals surface area (Å²) < 4.78 is 10.6. The van der Waals surface area contributed by atoms with Gasteiger partial charge in [-0.3, -0.25) is 4.79 Å². The van der Waals surface area contributed by atoms with Gasteiger partial charge in [0.15, 0.2) is 0 Å². The fraction of sp³-hybridized carbons (Fsp3) is 0.304. The standard InChI is InChI=1S/C23H25NO5/c1-15-7-5-6-8-17(15)19-12-21(25)29-20-11-16(9-10-18(19)20)24(3)13-23(2,14-28-4)22(26)27/h5-12H,13-14H2,1-4H3,(H,26,27)/t23-/m0/s1. The highest BCUT2D eigenvalue weighted by atomic mass is 16.5. The molecule has 1 atom stereocenters. The summed E-state index contributed by atoms with van der Waals surface area (Å²) in [5.41, 5.74) is 2.59. The Morgan fingerprint density at radius 2 is 1.90 bits per heavy atom. The Balaban J connectivity index is 2.04. The van der Waals surface area contributed by atoms with E-state index in [1.807, 2.05) is 48.2 Å². The van der Waals surface area contributed by atoms with Crippen LogP contribution in [0.2, 0.25) is 0 Å². The molecule has 0 unspecified atom stereocenters. The van der Waals surface area contributed by atoms with Crippen LogP contribution in [0.1, 0.15) is 12.5 Å². The van der Waals surface area contributed by atoms with Crippen molar-refractivity contribution in [1.29, 1.82) is 0 Å². The summed E-state index contributed by atoms with van der Waals surface area (Å²) >= 11 is 0. The molecule has 1 heterocycles. The number of rotatable bonds is 7. The lowest BCUT2D eigenvalue weighted by molar-refractivity contribution is -0.150. The molecule has 152 valence electrons. The van der Waals surface area contributed by atoms with Crippen LogP contribution in [0.3, 0.4) is 0 Å². The number of hydrogen-bond donors (Lipinski definition) is 1. The molecule has 0 fully saturated rings. The smallest absolute Gasteiger partial charge is 0.336 e. The minimum atomic E-state index is -1.07. The van der Waals surface area contributed by atoms with Gasteiger partial charge in [0, 0.05) is 49.5 Å². The molecular formula is C23H25NO5. The van der Waals surface area contributed by atoms with Gasteiger partial charge in [-0.05, 0) is 37.1 Å². The Morgan fingerprint density at radius 3 is 2.55 bits per heavy atom. The Morgan fingerprint density at radius 1 is 1.17 bits per heavy atom. The number of aliphatic carboxylic acids is 1. The van der Waals surface area contributed by atoms with Crippen molar-refractivity contribution in [2.24, 2.45) is 5.41 Å². The van der Waals surface area contributed by atoms with E-state index in [1.54, 1.807) is 20.0 Å². The average molecular weight is 395 g/mol. The van der Waals surface area contributed by atoms with Gasteiger partial charge in [0.05, 0.1) is 6.61 Å². The molecule has 0 aliphatic carbocycles. The van der Waals surface area contributed by atoms with Crippen LogP contribution in [-0.4, -0.2) is 38.4 Å². The van der Waals surface area contributed by atoms with Crippen molar-refractivity contribution in [1.82, 2.24) is 0 Å². The minimum Gasteiger partial charge on any atom is -0.481 e. The molecule has 0 saturated heterocycles. The summed E-state index contributed by atoms with van der Waals surface area (Å²) in [7, 11) is 3.29. The molecule has 0 radical (unpaired) electrons. The average Bonchev–Trinajstić information content (AvgIpc) is 2.67. The number of hydrogen-bond acceptors (Lipinski definition) is 5. The highest BCUT2D eigenvalue weighted by molar-refractivity contribution is 5.95. The van der Waals surface area contributed by atoms with Crippen molar-refractivity contribution in [3.8, 4) is 11.1 Å². The summed E-state index contributed by atoms with van der Waals surface area (Å²) in [5.74, 6) is -0.930. The second kappa shape index (κ2) is 8.09. The molecule has 1 N–H and O–H groups in total. The first-order chi connectivity index (χ1) is 13.7. The van der Waals surface area contributed by atoms with Crippen molar-refractivity contribution >= 4 is 22.6 Å². The molecule has 3 rings (SSSR count). The lowest BCUT2D eigenvalue weighted by Gasteiger charge is -2.30. The third kappa shape index (κ3) is 4.17. The van der Waals surface area contributed by atoms with E-state index in [-0.39, 0.29) is 13.2 Å². The number of aryl methyl sites for hydroxylation is 1. The van der Waals surface area contributed by atoms with E-state index in [4.69, 9.17) is 9.15 Å².